The number of para-hydroxylation sites is 1. The lowest BCUT2D eigenvalue weighted by molar-refractivity contribution is -0.136. The van der Waals surface area contributed by atoms with Gasteiger partial charge >= 0.3 is 11.8 Å². The van der Waals surface area contributed by atoms with Crippen molar-refractivity contribution in [2.75, 3.05) is 32.5 Å². The van der Waals surface area contributed by atoms with Gasteiger partial charge in [-0.3, -0.25) is 9.59 Å². The third-order valence-electron chi connectivity index (χ3n) is 3.10. The van der Waals surface area contributed by atoms with Crippen molar-refractivity contribution in [3.8, 4) is 0 Å². The maximum Gasteiger partial charge on any atom is 0.313 e. The summed E-state index contributed by atoms with van der Waals surface area (Å²) in [7, 11) is 3.94. The second kappa shape index (κ2) is 8.42. The van der Waals surface area contributed by atoms with Gasteiger partial charge in [0.1, 0.15) is 0 Å². The molecule has 0 atom stereocenters. The van der Waals surface area contributed by atoms with Crippen LogP contribution in [0.4, 0.5) is 5.69 Å². The standard InChI is InChI=1S/C16H25N3O2/c1-12(2)13-8-5-6-9-14(13)18-16(21)15(20)17-10-7-11-19(3)4/h5-6,8-9,12H,7,10-11H2,1-4H3,(H,17,20)(H,18,21). The number of amides is 2. The second-order valence-electron chi connectivity index (χ2n) is 5.61. The van der Waals surface area contributed by atoms with Gasteiger partial charge in [-0.1, -0.05) is 32.0 Å². The van der Waals surface area contributed by atoms with Crippen molar-refractivity contribution in [3.63, 3.8) is 0 Å². The summed E-state index contributed by atoms with van der Waals surface area (Å²) >= 11 is 0. The van der Waals surface area contributed by atoms with E-state index in [0.29, 0.717) is 12.2 Å². The normalized spacial score (nSPS) is 10.8. The molecule has 0 aliphatic rings. The Morgan fingerprint density at radius 2 is 1.81 bits per heavy atom. The van der Waals surface area contributed by atoms with Gasteiger partial charge < -0.3 is 15.5 Å². The van der Waals surface area contributed by atoms with E-state index in [9.17, 15) is 9.59 Å². The van der Waals surface area contributed by atoms with Crippen molar-refractivity contribution in [2.24, 2.45) is 0 Å². The zero-order valence-corrected chi connectivity index (χ0v) is 13.3. The molecule has 21 heavy (non-hydrogen) atoms. The third-order valence-corrected chi connectivity index (χ3v) is 3.10. The van der Waals surface area contributed by atoms with E-state index in [1.165, 1.54) is 0 Å². The van der Waals surface area contributed by atoms with Gasteiger partial charge in [0.15, 0.2) is 0 Å². The Morgan fingerprint density at radius 3 is 2.43 bits per heavy atom. The topological polar surface area (TPSA) is 61.4 Å². The molecule has 0 aliphatic carbocycles. The number of hydrogen-bond donors (Lipinski definition) is 2. The fourth-order valence-electron chi connectivity index (χ4n) is 1.97. The van der Waals surface area contributed by atoms with E-state index in [0.717, 1.165) is 18.5 Å². The van der Waals surface area contributed by atoms with Gasteiger partial charge in [-0.2, -0.15) is 0 Å². The molecule has 1 aromatic carbocycles. The number of carbonyl (C=O) groups is 2. The molecule has 0 saturated heterocycles. The second-order valence-corrected chi connectivity index (χ2v) is 5.61. The van der Waals surface area contributed by atoms with Crippen LogP contribution in [0.5, 0.6) is 0 Å². The lowest BCUT2D eigenvalue weighted by Crippen LogP contribution is -2.36. The van der Waals surface area contributed by atoms with Crippen molar-refractivity contribution in [2.45, 2.75) is 26.2 Å². The summed E-state index contributed by atoms with van der Waals surface area (Å²) in [6.07, 6.45) is 0.814. The van der Waals surface area contributed by atoms with Gasteiger partial charge in [-0.25, -0.2) is 0 Å². The van der Waals surface area contributed by atoms with E-state index in [2.05, 4.69) is 10.6 Å². The van der Waals surface area contributed by atoms with E-state index in [4.69, 9.17) is 0 Å². The van der Waals surface area contributed by atoms with Crippen molar-refractivity contribution in [1.29, 1.82) is 0 Å². The first-order valence-electron chi connectivity index (χ1n) is 7.24. The molecule has 2 amide bonds. The average molecular weight is 291 g/mol. The van der Waals surface area contributed by atoms with Crippen LogP contribution in [0.25, 0.3) is 0 Å². The van der Waals surface area contributed by atoms with Crippen LogP contribution in [-0.4, -0.2) is 43.9 Å². The van der Waals surface area contributed by atoms with E-state index in [1.54, 1.807) is 0 Å². The number of carbonyl (C=O) groups excluding carboxylic acids is 2. The number of nitrogens with zero attached hydrogens (tertiary/aromatic N) is 1. The molecular weight excluding hydrogens is 266 g/mol. The Morgan fingerprint density at radius 1 is 1.14 bits per heavy atom. The van der Waals surface area contributed by atoms with Crippen LogP contribution in [0.1, 0.15) is 31.7 Å². The molecule has 0 radical (unpaired) electrons. The summed E-state index contributed by atoms with van der Waals surface area (Å²) in [5, 5.41) is 5.31. The van der Waals surface area contributed by atoms with Gasteiger partial charge in [0.2, 0.25) is 0 Å². The highest BCUT2D eigenvalue weighted by Crippen LogP contribution is 2.23. The van der Waals surface area contributed by atoms with Crippen LogP contribution in [0.15, 0.2) is 24.3 Å². The molecule has 0 saturated carbocycles. The van der Waals surface area contributed by atoms with Crippen LogP contribution in [0.3, 0.4) is 0 Å². The summed E-state index contributed by atoms with van der Waals surface area (Å²) in [6, 6.07) is 7.53. The first-order valence-corrected chi connectivity index (χ1v) is 7.24. The lowest BCUT2D eigenvalue weighted by atomic mass is 10.0. The predicted octanol–water partition coefficient (Wildman–Crippen LogP) is 1.82. The molecule has 116 valence electrons. The monoisotopic (exact) mass is 291 g/mol. The Labute approximate surface area is 126 Å². The first kappa shape index (κ1) is 17.2. The Balaban J connectivity index is 2.51. The summed E-state index contributed by atoms with van der Waals surface area (Å²) < 4.78 is 0. The zero-order chi connectivity index (χ0) is 15.8. The third kappa shape index (κ3) is 5.95. The smallest absolute Gasteiger partial charge is 0.313 e. The van der Waals surface area contributed by atoms with Gasteiger partial charge in [0, 0.05) is 12.2 Å². The molecule has 2 N–H and O–H groups in total. The Bertz CT molecular complexity index is 484. The molecule has 1 rings (SSSR count). The highest BCUT2D eigenvalue weighted by atomic mass is 16.2. The number of hydrogen-bond acceptors (Lipinski definition) is 3. The Kier molecular flexibility index (Phi) is 6.88. The average Bonchev–Trinajstić information content (AvgIpc) is 2.43. The minimum Gasteiger partial charge on any atom is -0.348 e. The van der Waals surface area contributed by atoms with Crippen LogP contribution in [0, 0.1) is 0 Å². The van der Waals surface area contributed by atoms with Gasteiger partial charge in [-0.05, 0) is 44.6 Å². The molecular formula is C16H25N3O2. The molecule has 1 aromatic rings. The van der Waals surface area contributed by atoms with Crippen LogP contribution >= 0.6 is 0 Å². The van der Waals surface area contributed by atoms with E-state index in [-0.39, 0.29) is 5.92 Å². The number of nitrogens with one attached hydrogen (secondary N) is 2. The first-order chi connectivity index (χ1) is 9.91. The largest absolute Gasteiger partial charge is 0.348 e. The van der Waals surface area contributed by atoms with Crippen molar-refractivity contribution >= 4 is 17.5 Å². The SMILES string of the molecule is CC(C)c1ccccc1NC(=O)C(=O)NCCCN(C)C. The predicted molar refractivity (Wildman–Crippen MR) is 85.3 cm³/mol. The number of benzene rings is 1. The minimum absolute atomic E-state index is 0.282. The van der Waals surface area contributed by atoms with Gasteiger partial charge in [0.25, 0.3) is 0 Å². The van der Waals surface area contributed by atoms with Crippen molar-refractivity contribution in [3.05, 3.63) is 29.8 Å². The molecule has 0 spiro atoms. The molecule has 0 unspecified atom stereocenters. The van der Waals surface area contributed by atoms with Crippen LogP contribution in [-0.2, 0) is 9.59 Å². The summed E-state index contributed by atoms with van der Waals surface area (Å²) in [6.45, 7) is 5.47. The lowest BCUT2D eigenvalue weighted by Gasteiger charge is -2.13. The highest BCUT2D eigenvalue weighted by molar-refractivity contribution is 6.39. The maximum atomic E-state index is 11.9. The minimum atomic E-state index is -0.618. The van der Waals surface area contributed by atoms with Gasteiger partial charge in [-0.15, -0.1) is 0 Å². The summed E-state index contributed by atoms with van der Waals surface area (Å²) in [5.74, 6) is -0.926. The molecule has 0 aromatic heterocycles. The fraction of sp³-hybridized carbons (Fsp3) is 0.500. The highest BCUT2D eigenvalue weighted by Gasteiger charge is 2.15. The van der Waals surface area contributed by atoms with E-state index in [1.807, 2.05) is 57.1 Å². The number of rotatable bonds is 6. The van der Waals surface area contributed by atoms with Crippen molar-refractivity contribution < 1.29 is 9.59 Å². The number of anilines is 1. The van der Waals surface area contributed by atoms with Crippen LogP contribution in [0.2, 0.25) is 0 Å². The molecule has 5 heteroatoms. The van der Waals surface area contributed by atoms with E-state index < -0.39 is 11.8 Å². The zero-order valence-electron chi connectivity index (χ0n) is 13.3. The molecule has 5 nitrogen and oxygen atoms in total. The quantitative estimate of drug-likeness (QED) is 0.621. The molecule has 0 heterocycles. The Hall–Kier alpha value is -1.88. The fourth-order valence-corrected chi connectivity index (χ4v) is 1.97. The summed E-state index contributed by atoms with van der Waals surface area (Å²) in [5.41, 5.74) is 1.71. The molecule has 0 fully saturated rings. The molecule has 0 bridgehead atoms. The summed E-state index contributed by atoms with van der Waals surface area (Å²) in [4.78, 5) is 25.7. The van der Waals surface area contributed by atoms with Crippen LogP contribution < -0.4 is 10.6 Å². The van der Waals surface area contributed by atoms with E-state index >= 15 is 0 Å². The van der Waals surface area contributed by atoms with Crippen molar-refractivity contribution in [1.82, 2.24) is 10.2 Å². The molecule has 0 aliphatic heterocycles. The van der Waals surface area contributed by atoms with Gasteiger partial charge in [0.05, 0.1) is 0 Å². The maximum absolute atomic E-state index is 11.9.